The molecule has 3 aliphatic rings. The number of anilines is 1. The van der Waals surface area contributed by atoms with Crippen LogP contribution in [-0.2, 0) is 37.1 Å². The van der Waals surface area contributed by atoms with Gasteiger partial charge in [-0.1, -0.05) is 16.8 Å². The van der Waals surface area contributed by atoms with Crippen LogP contribution in [0.15, 0.2) is 64.3 Å². The van der Waals surface area contributed by atoms with Gasteiger partial charge in [-0.3, -0.25) is 19.5 Å². The summed E-state index contributed by atoms with van der Waals surface area (Å²) in [5.74, 6) is -5.08. The SMILES string of the molecule is CC(C)(O/N=C(\C(=O)C[C@@H]1C(=O)N2C(C(=O)O)=C(C[n+]3ccc4ccn(Cc5c(F)cc(C(N)=NC6CCCNC6)cc5Cl)c4c3)CS[C@H]12)c1nsc(N)n1)C(=O)O. The molecule has 3 atom stereocenters. The monoisotopic (exact) mass is 853 g/mol. The Morgan fingerprint density at radius 3 is 2.71 bits per heavy atom. The molecule has 58 heavy (non-hydrogen) atoms. The van der Waals surface area contributed by atoms with Gasteiger partial charge in [-0.25, -0.2) is 14.0 Å². The van der Waals surface area contributed by atoms with Crippen molar-refractivity contribution in [2.45, 2.75) is 63.2 Å². The fourth-order valence-corrected chi connectivity index (χ4v) is 9.00. The number of nitrogens with one attached hydrogen (secondary N) is 1. The van der Waals surface area contributed by atoms with Crippen molar-refractivity contribution in [2.75, 3.05) is 24.6 Å². The molecule has 304 valence electrons. The molecule has 0 bridgehead atoms. The van der Waals surface area contributed by atoms with Crippen LogP contribution in [0.4, 0.5) is 9.52 Å². The summed E-state index contributed by atoms with van der Waals surface area (Å²) >= 11 is 8.73. The Morgan fingerprint density at radius 2 is 2.03 bits per heavy atom. The van der Waals surface area contributed by atoms with E-state index >= 15 is 4.39 Å². The third-order valence-corrected chi connectivity index (χ3v) is 12.3. The number of nitrogens with zero attached hydrogens (tertiary/aromatic N) is 7. The van der Waals surface area contributed by atoms with Crippen molar-refractivity contribution in [3.8, 4) is 0 Å². The van der Waals surface area contributed by atoms with E-state index in [0.29, 0.717) is 17.7 Å². The number of fused-ring (bicyclic) bond motifs is 2. The molecule has 3 aromatic heterocycles. The lowest BCUT2D eigenvalue weighted by Crippen LogP contribution is -2.62. The summed E-state index contributed by atoms with van der Waals surface area (Å²) in [7, 11) is 0. The van der Waals surface area contributed by atoms with Crippen molar-refractivity contribution in [2.24, 2.45) is 21.8 Å². The Morgan fingerprint density at radius 1 is 1.24 bits per heavy atom. The highest BCUT2D eigenvalue weighted by Gasteiger charge is 2.54. The highest BCUT2D eigenvalue weighted by atomic mass is 35.5. The van der Waals surface area contributed by atoms with Gasteiger partial charge in [0.25, 0.3) is 0 Å². The molecule has 2 saturated heterocycles. The van der Waals surface area contributed by atoms with Gasteiger partial charge in [0, 0.05) is 69.6 Å². The summed E-state index contributed by atoms with van der Waals surface area (Å²) in [6, 6.07) is 6.70. The number of nitrogen functional groups attached to an aromatic ring is 1. The number of hydrogen-bond acceptors (Lipinski definition) is 13. The van der Waals surface area contributed by atoms with Crippen LogP contribution in [0.2, 0.25) is 5.02 Å². The highest BCUT2D eigenvalue weighted by Crippen LogP contribution is 2.45. The number of piperidine rings is 1. The molecule has 21 heteroatoms. The van der Waals surface area contributed by atoms with Crippen molar-refractivity contribution >= 4 is 86.1 Å². The largest absolute Gasteiger partial charge is 0.478 e. The Hall–Kier alpha value is -5.44. The van der Waals surface area contributed by atoms with Gasteiger partial charge in [-0.2, -0.15) is 13.9 Å². The minimum Gasteiger partial charge on any atom is -0.478 e. The Kier molecular flexibility index (Phi) is 11.5. The average molecular weight is 854 g/mol. The van der Waals surface area contributed by atoms with Crippen molar-refractivity contribution in [1.29, 1.82) is 0 Å². The number of pyridine rings is 1. The number of Topliss-reactive ketones (excluding diaryl/α,β-unsaturated/α-hetero) is 1. The normalized spacial score (nSPS) is 20.2. The standard InChI is InChI=1S/C37H38ClFN10O7S2/c1-37(2,35(54)55)56-45-28(31-44-36(41)58-46-31)27(50)12-22-32(51)49-29(34(52)53)20(17-57-33(22)49)14-47-8-5-18-6-9-48(26(18)16-47)15-23-24(38)10-19(11-25(23)39)30(40)43-21-4-3-7-42-13-21/h5-6,8-11,16,21-22,33,42H,3-4,7,12-15,17H2,1-2H3,(H5-,40,41,43,44,46,52,53,54,55)/p+1/b45-28+/t21?,22-,33-/m1/s1. The number of benzene rings is 1. The lowest BCUT2D eigenvalue weighted by molar-refractivity contribution is -0.687. The summed E-state index contributed by atoms with van der Waals surface area (Å²) in [6.07, 6.45) is 6.90. The van der Waals surface area contributed by atoms with E-state index in [-0.39, 0.29) is 64.4 Å². The zero-order valence-electron chi connectivity index (χ0n) is 31.2. The van der Waals surface area contributed by atoms with Gasteiger partial charge in [0.1, 0.15) is 22.9 Å². The van der Waals surface area contributed by atoms with Crippen LogP contribution in [0.3, 0.4) is 0 Å². The van der Waals surface area contributed by atoms with Crippen molar-refractivity contribution < 1.29 is 43.2 Å². The van der Waals surface area contributed by atoms with Gasteiger partial charge >= 0.3 is 11.9 Å². The highest BCUT2D eigenvalue weighted by molar-refractivity contribution is 8.00. The van der Waals surface area contributed by atoms with Crippen LogP contribution in [-0.4, -0.2) is 100 Å². The maximum absolute atomic E-state index is 15.6. The van der Waals surface area contributed by atoms with Gasteiger partial charge in [0.05, 0.1) is 23.9 Å². The number of amidine groups is 1. The number of aliphatic imine (C=N–C) groups is 1. The summed E-state index contributed by atoms with van der Waals surface area (Å²) in [6.45, 7) is 4.34. The van der Waals surface area contributed by atoms with Crippen LogP contribution < -0.4 is 21.4 Å². The molecule has 0 aliphatic carbocycles. The fourth-order valence-electron chi connectivity index (χ4n) is 6.89. The predicted molar refractivity (Wildman–Crippen MR) is 214 cm³/mol. The van der Waals surface area contributed by atoms with E-state index in [4.69, 9.17) is 27.9 Å². The van der Waals surface area contributed by atoms with Gasteiger partial charge < -0.3 is 36.4 Å². The fraction of sp³-hybridized carbons (Fsp3) is 0.378. The number of nitrogens with two attached hydrogens (primary N) is 2. The predicted octanol–water partition coefficient (Wildman–Crippen LogP) is 2.77. The molecule has 3 aliphatic heterocycles. The number of halogens is 2. The van der Waals surface area contributed by atoms with Gasteiger partial charge in [0.15, 0.2) is 35.6 Å². The van der Waals surface area contributed by atoms with E-state index < -0.39 is 52.1 Å². The molecule has 1 amide bonds. The topological polar surface area (TPSA) is 245 Å². The minimum atomic E-state index is -1.80. The zero-order valence-corrected chi connectivity index (χ0v) is 33.6. The number of carbonyl (C=O) groups excluding carboxylic acids is 2. The number of thioether (sulfide) groups is 1. The second-order valence-corrected chi connectivity index (χ2v) is 16.8. The first-order valence-corrected chi connectivity index (χ1v) is 20.3. The Bertz CT molecular complexity index is 2400. The number of amides is 1. The molecule has 0 saturated carbocycles. The van der Waals surface area contributed by atoms with E-state index in [1.165, 1.54) is 36.6 Å². The van der Waals surface area contributed by atoms with E-state index in [1.807, 2.05) is 29.1 Å². The lowest BCUT2D eigenvalue weighted by Gasteiger charge is -2.49. The maximum atomic E-state index is 15.6. The zero-order chi connectivity index (χ0) is 41.5. The summed E-state index contributed by atoms with van der Waals surface area (Å²) in [5, 5.41) is 27.2. The molecule has 7 rings (SSSR count). The number of aromatic nitrogens is 4. The second-order valence-electron chi connectivity index (χ2n) is 14.5. The first kappa shape index (κ1) is 40.7. The Labute approximate surface area is 343 Å². The molecule has 6 heterocycles. The molecule has 2 fully saturated rings. The van der Waals surface area contributed by atoms with Gasteiger partial charge in [-0.05, 0) is 51.4 Å². The van der Waals surface area contributed by atoms with Crippen molar-refractivity contribution in [3.63, 3.8) is 0 Å². The molecule has 7 N–H and O–H groups in total. The number of oxime groups is 1. The molecule has 1 unspecified atom stereocenters. The quantitative estimate of drug-likeness (QED) is 0.0404. The second kappa shape index (κ2) is 16.4. The number of carboxylic acid groups (broad SMARTS) is 2. The van der Waals surface area contributed by atoms with Crippen LogP contribution in [0.25, 0.3) is 10.9 Å². The van der Waals surface area contributed by atoms with Crippen molar-refractivity contribution in [1.82, 2.24) is 24.1 Å². The first-order valence-electron chi connectivity index (χ1n) is 18.1. The first-order chi connectivity index (χ1) is 27.6. The number of hydrogen-bond donors (Lipinski definition) is 5. The summed E-state index contributed by atoms with van der Waals surface area (Å²) < 4.78 is 23.2. The van der Waals surface area contributed by atoms with Crippen LogP contribution in [0.1, 0.15) is 50.1 Å². The molecule has 0 spiro atoms. The van der Waals surface area contributed by atoms with Crippen molar-refractivity contribution in [3.05, 3.63) is 81.9 Å². The molecule has 4 aromatic rings. The molecule has 1 aromatic carbocycles. The van der Waals surface area contributed by atoms with E-state index in [0.717, 1.165) is 41.8 Å². The molecule has 17 nitrogen and oxygen atoms in total. The van der Waals surface area contributed by atoms with Gasteiger partial charge in [-0.15, -0.1) is 11.8 Å². The number of carbonyl (C=O) groups is 4. The summed E-state index contributed by atoms with van der Waals surface area (Å²) in [4.78, 5) is 66.2. The third kappa shape index (κ3) is 8.27. The van der Waals surface area contributed by atoms with Crippen LogP contribution in [0.5, 0.6) is 0 Å². The van der Waals surface area contributed by atoms with Crippen LogP contribution in [0, 0.1) is 11.7 Å². The van der Waals surface area contributed by atoms with Crippen LogP contribution >= 0.6 is 34.9 Å². The number of rotatable bonds is 14. The van der Waals surface area contributed by atoms with Gasteiger partial charge in [0.2, 0.25) is 17.3 Å². The van der Waals surface area contributed by atoms with E-state index in [9.17, 15) is 29.4 Å². The third-order valence-electron chi connectivity index (χ3n) is 10.1. The smallest absolute Gasteiger partial charge is 0.352 e. The minimum absolute atomic E-state index is 0.0129. The number of carboxylic acids is 2. The lowest BCUT2D eigenvalue weighted by atomic mass is 9.89. The molecular formula is C37H39ClFN10O7S2+. The number of aliphatic carboxylic acids is 2. The Balaban J connectivity index is 1.08. The number of ketones is 1. The molecular weight excluding hydrogens is 815 g/mol. The average Bonchev–Trinajstić information content (AvgIpc) is 3.80. The van der Waals surface area contributed by atoms with E-state index in [1.54, 1.807) is 16.8 Å². The summed E-state index contributed by atoms with van der Waals surface area (Å²) in [5.41, 5.74) is 11.4. The maximum Gasteiger partial charge on any atom is 0.352 e. The van der Waals surface area contributed by atoms with E-state index in [2.05, 4.69) is 24.8 Å². The molecule has 0 radical (unpaired) electrons. The number of β-lactam (4-membered cyclic amide) rings is 1.